The molecule has 0 aromatic heterocycles. The Morgan fingerprint density at radius 2 is 1.14 bits per heavy atom. The fourth-order valence-electron chi connectivity index (χ4n) is 5.70. The number of benzene rings is 2. The van der Waals surface area contributed by atoms with E-state index in [0.717, 1.165) is 48.3 Å². The van der Waals surface area contributed by atoms with Gasteiger partial charge in [0.05, 0.1) is 5.92 Å². The Hall–Kier alpha value is -2.29. The van der Waals surface area contributed by atoms with Gasteiger partial charge in [0.15, 0.2) is 0 Å². The molecule has 3 aliphatic rings. The van der Waals surface area contributed by atoms with Gasteiger partial charge in [-0.15, -0.1) is 0 Å². The van der Waals surface area contributed by atoms with Gasteiger partial charge in [-0.25, -0.2) is 0 Å². The maximum absolute atomic E-state index is 14.3. The van der Waals surface area contributed by atoms with Crippen molar-refractivity contribution >= 4 is 5.91 Å². The second-order valence-corrected chi connectivity index (χ2v) is 8.94. The van der Waals surface area contributed by atoms with Crippen LogP contribution in [0.2, 0.25) is 0 Å². The van der Waals surface area contributed by atoms with Crippen LogP contribution >= 0.6 is 0 Å². The average molecular weight is 390 g/mol. The molecule has 0 bridgehead atoms. The standard InChI is InChI=1S/C26H31NO2/c28-26(27(19-11-3-1-4-12-19)20-13-5-2-6-14-20)25-21-15-7-9-17-23(21)29-24-18-10-8-16-22(24)25/h7-10,15-20,25H,1-6,11-14H2. The summed E-state index contributed by atoms with van der Waals surface area (Å²) in [5.74, 6) is 1.71. The van der Waals surface area contributed by atoms with E-state index in [1.54, 1.807) is 0 Å². The summed E-state index contributed by atoms with van der Waals surface area (Å²) < 4.78 is 6.16. The summed E-state index contributed by atoms with van der Waals surface area (Å²) in [5, 5.41) is 0. The van der Waals surface area contributed by atoms with Crippen molar-refractivity contribution < 1.29 is 9.53 Å². The Bertz CT molecular complexity index is 801. The van der Waals surface area contributed by atoms with E-state index in [1.165, 1.54) is 38.5 Å². The summed E-state index contributed by atoms with van der Waals surface area (Å²) in [6.45, 7) is 0. The normalized spacial score (nSPS) is 20.4. The zero-order valence-corrected chi connectivity index (χ0v) is 17.2. The van der Waals surface area contributed by atoms with Crippen molar-refractivity contribution in [1.82, 2.24) is 4.90 Å². The van der Waals surface area contributed by atoms with Crippen LogP contribution in [0, 0.1) is 0 Å². The first kappa shape index (κ1) is 18.7. The molecule has 3 nitrogen and oxygen atoms in total. The summed E-state index contributed by atoms with van der Waals surface area (Å²) >= 11 is 0. The van der Waals surface area contributed by atoms with E-state index in [4.69, 9.17) is 4.74 Å². The Kier molecular flexibility index (Phi) is 5.30. The number of ether oxygens (including phenoxy) is 1. The first-order valence-corrected chi connectivity index (χ1v) is 11.5. The number of para-hydroxylation sites is 2. The average Bonchev–Trinajstić information content (AvgIpc) is 2.79. The molecule has 3 heteroatoms. The minimum atomic E-state index is -0.250. The number of rotatable bonds is 3. The Morgan fingerprint density at radius 3 is 1.62 bits per heavy atom. The second-order valence-electron chi connectivity index (χ2n) is 8.94. The third kappa shape index (κ3) is 3.56. The quantitative estimate of drug-likeness (QED) is 0.606. The van der Waals surface area contributed by atoms with Crippen molar-refractivity contribution in [1.29, 1.82) is 0 Å². The molecule has 1 amide bonds. The van der Waals surface area contributed by atoms with Gasteiger partial charge in [-0.05, 0) is 37.8 Å². The van der Waals surface area contributed by atoms with Crippen molar-refractivity contribution in [3.8, 4) is 11.5 Å². The number of carbonyl (C=O) groups is 1. The summed E-state index contributed by atoms with van der Waals surface area (Å²) in [6.07, 6.45) is 12.3. The van der Waals surface area contributed by atoms with E-state index in [9.17, 15) is 4.79 Å². The van der Waals surface area contributed by atoms with Crippen LogP contribution in [0.5, 0.6) is 11.5 Å². The highest BCUT2D eigenvalue weighted by Gasteiger charge is 2.40. The predicted octanol–water partition coefficient (Wildman–Crippen LogP) is 6.42. The first-order chi connectivity index (χ1) is 14.3. The van der Waals surface area contributed by atoms with Crippen LogP contribution in [0.4, 0.5) is 0 Å². The van der Waals surface area contributed by atoms with Crippen LogP contribution < -0.4 is 4.74 Å². The van der Waals surface area contributed by atoms with Crippen molar-refractivity contribution in [3.05, 3.63) is 59.7 Å². The van der Waals surface area contributed by atoms with Crippen molar-refractivity contribution in [2.45, 2.75) is 82.2 Å². The van der Waals surface area contributed by atoms with Gasteiger partial charge in [0.25, 0.3) is 0 Å². The Labute approximate surface area is 174 Å². The van der Waals surface area contributed by atoms with E-state index >= 15 is 0 Å². The number of fused-ring (bicyclic) bond motifs is 2. The molecule has 2 aromatic carbocycles. The van der Waals surface area contributed by atoms with Crippen LogP contribution in [0.3, 0.4) is 0 Å². The molecule has 0 radical (unpaired) electrons. The van der Waals surface area contributed by atoms with Crippen LogP contribution in [0.15, 0.2) is 48.5 Å². The first-order valence-electron chi connectivity index (χ1n) is 11.5. The molecule has 29 heavy (non-hydrogen) atoms. The van der Waals surface area contributed by atoms with Gasteiger partial charge >= 0.3 is 0 Å². The van der Waals surface area contributed by atoms with Gasteiger partial charge in [0.2, 0.25) is 5.91 Å². The van der Waals surface area contributed by atoms with E-state index in [0.29, 0.717) is 18.0 Å². The smallest absolute Gasteiger partial charge is 0.235 e. The van der Waals surface area contributed by atoms with Gasteiger partial charge in [-0.3, -0.25) is 4.79 Å². The lowest BCUT2D eigenvalue weighted by atomic mass is 9.83. The molecule has 152 valence electrons. The molecule has 0 atom stereocenters. The number of hydrogen-bond donors (Lipinski definition) is 0. The lowest BCUT2D eigenvalue weighted by Crippen LogP contribution is -2.50. The van der Waals surface area contributed by atoms with Crippen LogP contribution in [-0.2, 0) is 4.79 Å². The summed E-state index contributed by atoms with van der Waals surface area (Å²) in [4.78, 5) is 16.6. The molecule has 2 fully saturated rings. The number of amides is 1. The molecule has 1 aliphatic heterocycles. The van der Waals surface area contributed by atoms with Crippen molar-refractivity contribution in [2.75, 3.05) is 0 Å². The van der Waals surface area contributed by atoms with Gasteiger partial charge in [0.1, 0.15) is 11.5 Å². The van der Waals surface area contributed by atoms with Crippen LogP contribution in [0.25, 0.3) is 0 Å². The molecule has 2 aromatic rings. The number of nitrogens with zero attached hydrogens (tertiary/aromatic N) is 1. The van der Waals surface area contributed by atoms with Gasteiger partial charge in [-0.1, -0.05) is 74.9 Å². The Balaban J connectivity index is 1.56. The van der Waals surface area contributed by atoms with Gasteiger partial charge < -0.3 is 9.64 Å². The molecule has 2 aliphatic carbocycles. The summed E-state index contributed by atoms with van der Waals surface area (Å²) in [6, 6.07) is 17.0. The lowest BCUT2D eigenvalue weighted by Gasteiger charge is -2.44. The van der Waals surface area contributed by atoms with E-state index in [2.05, 4.69) is 17.0 Å². The molecule has 0 N–H and O–H groups in total. The fourth-order valence-corrected chi connectivity index (χ4v) is 5.70. The zero-order valence-electron chi connectivity index (χ0n) is 17.2. The van der Waals surface area contributed by atoms with Gasteiger partial charge in [0, 0.05) is 23.2 Å². The summed E-state index contributed by atoms with van der Waals surface area (Å²) in [5.41, 5.74) is 2.04. The molecule has 1 heterocycles. The largest absolute Gasteiger partial charge is 0.457 e. The van der Waals surface area contributed by atoms with Gasteiger partial charge in [-0.2, -0.15) is 0 Å². The fraction of sp³-hybridized carbons (Fsp3) is 0.500. The van der Waals surface area contributed by atoms with E-state index in [1.807, 2.05) is 36.4 Å². The topological polar surface area (TPSA) is 29.5 Å². The molecule has 2 saturated carbocycles. The third-order valence-electron chi connectivity index (χ3n) is 7.12. The molecular weight excluding hydrogens is 358 g/mol. The SMILES string of the molecule is O=C(C1c2ccccc2Oc2ccccc21)N(C1CCCCC1)C1CCCCC1. The molecule has 5 rings (SSSR count). The third-order valence-corrected chi connectivity index (χ3v) is 7.12. The van der Waals surface area contributed by atoms with E-state index in [-0.39, 0.29) is 5.92 Å². The van der Waals surface area contributed by atoms with Crippen LogP contribution in [0.1, 0.15) is 81.3 Å². The van der Waals surface area contributed by atoms with E-state index < -0.39 is 0 Å². The highest BCUT2D eigenvalue weighted by atomic mass is 16.5. The van der Waals surface area contributed by atoms with Crippen LogP contribution in [-0.4, -0.2) is 22.9 Å². The predicted molar refractivity (Wildman–Crippen MR) is 115 cm³/mol. The summed E-state index contributed by atoms with van der Waals surface area (Å²) in [7, 11) is 0. The zero-order chi connectivity index (χ0) is 19.6. The second kappa shape index (κ2) is 8.22. The highest BCUT2D eigenvalue weighted by Crippen LogP contribution is 2.46. The van der Waals surface area contributed by atoms with Crippen molar-refractivity contribution in [2.24, 2.45) is 0 Å². The molecule has 0 spiro atoms. The lowest BCUT2D eigenvalue weighted by molar-refractivity contribution is -0.138. The Morgan fingerprint density at radius 1 is 0.690 bits per heavy atom. The molecule has 0 unspecified atom stereocenters. The maximum atomic E-state index is 14.3. The molecular formula is C26H31NO2. The minimum absolute atomic E-state index is 0.250. The number of carbonyl (C=O) groups excluding carboxylic acids is 1. The number of hydrogen-bond acceptors (Lipinski definition) is 2. The minimum Gasteiger partial charge on any atom is -0.457 e. The monoisotopic (exact) mass is 389 g/mol. The maximum Gasteiger partial charge on any atom is 0.235 e. The molecule has 0 saturated heterocycles. The highest BCUT2D eigenvalue weighted by molar-refractivity contribution is 5.90. The van der Waals surface area contributed by atoms with Crippen molar-refractivity contribution in [3.63, 3.8) is 0 Å².